The lowest BCUT2D eigenvalue weighted by atomic mass is 10.1. The Kier molecular flexibility index (Phi) is 5.35. The second-order valence-corrected chi connectivity index (χ2v) is 2.66. The zero-order valence-electron chi connectivity index (χ0n) is 7.09. The van der Waals surface area contributed by atoms with E-state index in [9.17, 15) is 9.59 Å². The Morgan fingerprint density at radius 1 is 1.36 bits per heavy atom. The minimum atomic E-state index is 0.195. The summed E-state index contributed by atoms with van der Waals surface area (Å²) in [6.07, 6.45) is 4.64. The van der Waals surface area contributed by atoms with Gasteiger partial charge in [-0.3, -0.25) is 0 Å². The number of carbonyl (C=O) groups is 2. The van der Waals surface area contributed by atoms with Crippen LogP contribution in [0.3, 0.4) is 0 Å². The van der Waals surface area contributed by atoms with Crippen LogP contribution < -0.4 is 0 Å². The van der Waals surface area contributed by atoms with E-state index in [0.717, 1.165) is 18.3 Å². The third kappa shape index (κ3) is 6.97. The molecule has 0 unspecified atom stereocenters. The Balaban J connectivity index is 3.55. The molecule has 2 heteroatoms. The average molecular weight is 154 g/mol. The van der Waals surface area contributed by atoms with Crippen LogP contribution >= 0.6 is 0 Å². The van der Waals surface area contributed by atoms with Crippen molar-refractivity contribution in [3.8, 4) is 0 Å². The second-order valence-electron chi connectivity index (χ2n) is 2.66. The fourth-order valence-electron chi connectivity index (χ4n) is 0.737. The van der Waals surface area contributed by atoms with E-state index >= 15 is 0 Å². The van der Waals surface area contributed by atoms with Gasteiger partial charge in [-0.2, -0.15) is 0 Å². The molecule has 0 spiro atoms. The third-order valence-electron chi connectivity index (χ3n) is 1.39. The van der Waals surface area contributed by atoms with Crippen LogP contribution in [0.1, 0.15) is 33.1 Å². The molecular formula is C9H14O2. The Bertz CT molecular complexity index is 168. The normalized spacial score (nSPS) is 11.3. The molecule has 0 N–H and O–H groups in total. The van der Waals surface area contributed by atoms with Crippen molar-refractivity contribution in [2.24, 2.45) is 0 Å². The molecule has 0 saturated carbocycles. The van der Waals surface area contributed by atoms with Crippen LogP contribution in [-0.2, 0) is 9.59 Å². The Labute approximate surface area is 67.3 Å². The van der Waals surface area contributed by atoms with Gasteiger partial charge in [-0.1, -0.05) is 11.6 Å². The highest BCUT2D eigenvalue weighted by atomic mass is 16.1. The van der Waals surface area contributed by atoms with Gasteiger partial charge in [-0.25, -0.2) is 0 Å². The highest BCUT2D eigenvalue weighted by Crippen LogP contribution is 2.01. The van der Waals surface area contributed by atoms with Crippen molar-refractivity contribution in [3.05, 3.63) is 11.6 Å². The smallest absolute Gasteiger partial charge is 0.130 e. The van der Waals surface area contributed by atoms with Crippen molar-refractivity contribution in [2.75, 3.05) is 0 Å². The fourth-order valence-corrected chi connectivity index (χ4v) is 0.737. The topological polar surface area (TPSA) is 34.1 Å². The quantitative estimate of drug-likeness (QED) is 0.447. The Hall–Kier alpha value is -0.920. The van der Waals surface area contributed by atoms with Crippen LogP contribution in [-0.4, -0.2) is 12.1 Å². The van der Waals surface area contributed by atoms with Crippen molar-refractivity contribution in [1.29, 1.82) is 0 Å². The molecule has 0 aliphatic carbocycles. The number of allylic oxidation sites excluding steroid dienone is 2. The molecule has 0 bridgehead atoms. The number of ketones is 1. The van der Waals surface area contributed by atoms with Gasteiger partial charge in [0, 0.05) is 12.8 Å². The van der Waals surface area contributed by atoms with Gasteiger partial charge in [-0.15, -0.1) is 0 Å². The van der Waals surface area contributed by atoms with Gasteiger partial charge in [0.1, 0.15) is 12.1 Å². The van der Waals surface area contributed by atoms with Crippen LogP contribution in [0.15, 0.2) is 11.6 Å². The van der Waals surface area contributed by atoms with E-state index < -0.39 is 0 Å². The zero-order valence-corrected chi connectivity index (χ0v) is 7.09. The number of aldehydes is 1. The number of rotatable bonds is 5. The summed E-state index contributed by atoms with van der Waals surface area (Å²) < 4.78 is 0. The molecule has 0 aromatic heterocycles. The van der Waals surface area contributed by atoms with Crippen molar-refractivity contribution in [1.82, 2.24) is 0 Å². The van der Waals surface area contributed by atoms with Crippen LogP contribution in [0.2, 0.25) is 0 Å². The van der Waals surface area contributed by atoms with Crippen LogP contribution in [0.4, 0.5) is 0 Å². The molecular weight excluding hydrogens is 140 g/mol. The molecule has 0 aliphatic rings. The Morgan fingerprint density at radius 2 is 2.00 bits per heavy atom. The number of carbonyl (C=O) groups excluding carboxylic acids is 2. The summed E-state index contributed by atoms with van der Waals surface area (Å²) in [6.45, 7) is 3.47. The van der Waals surface area contributed by atoms with Gasteiger partial charge in [0.2, 0.25) is 0 Å². The maximum atomic E-state index is 10.5. The number of Topliss-reactive ketones (excluding diaryl/α,β-unsaturated/α-hetero) is 1. The molecule has 2 nitrogen and oxygen atoms in total. The zero-order chi connectivity index (χ0) is 8.69. The Morgan fingerprint density at radius 3 is 2.45 bits per heavy atom. The third-order valence-corrected chi connectivity index (χ3v) is 1.39. The van der Waals surface area contributed by atoms with Gasteiger partial charge in [0.05, 0.1) is 0 Å². The first-order chi connectivity index (χ1) is 5.16. The maximum absolute atomic E-state index is 10.5. The van der Waals surface area contributed by atoms with E-state index in [1.807, 2.05) is 13.0 Å². The van der Waals surface area contributed by atoms with E-state index in [-0.39, 0.29) is 5.78 Å². The lowest BCUT2D eigenvalue weighted by Crippen LogP contribution is -1.87. The van der Waals surface area contributed by atoms with Crippen LogP contribution in [0.5, 0.6) is 0 Å². The maximum Gasteiger partial charge on any atom is 0.130 e. The lowest BCUT2D eigenvalue weighted by Gasteiger charge is -1.92. The number of hydrogen-bond donors (Lipinski definition) is 0. The molecule has 11 heavy (non-hydrogen) atoms. The molecule has 0 radical (unpaired) electrons. The molecule has 0 aromatic carbocycles. The molecule has 0 saturated heterocycles. The fraction of sp³-hybridized carbons (Fsp3) is 0.556. The van der Waals surface area contributed by atoms with E-state index in [0.29, 0.717) is 12.8 Å². The standard InChI is InChI=1S/C9H14O2/c1-8(6-7-10)4-3-5-9(2)11/h4,7H,3,5-6H2,1-2H3. The average Bonchev–Trinajstić information content (AvgIpc) is 1.87. The summed E-state index contributed by atoms with van der Waals surface area (Å²) in [5.74, 6) is 0.195. The van der Waals surface area contributed by atoms with Crippen LogP contribution in [0.25, 0.3) is 0 Å². The summed E-state index contributed by atoms with van der Waals surface area (Å²) >= 11 is 0. The lowest BCUT2D eigenvalue weighted by molar-refractivity contribution is -0.116. The molecule has 0 rings (SSSR count). The molecule has 0 aromatic rings. The van der Waals surface area contributed by atoms with Crippen molar-refractivity contribution in [2.45, 2.75) is 33.1 Å². The predicted molar refractivity (Wildman–Crippen MR) is 44.4 cm³/mol. The van der Waals surface area contributed by atoms with E-state index in [1.54, 1.807) is 6.92 Å². The minimum Gasteiger partial charge on any atom is -0.303 e. The summed E-state index contributed by atoms with van der Waals surface area (Å²) in [6, 6.07) is 0. The van der Waals surface area contributed by atoms with Gasteiger partial charge in [0.15, 0.2) is 0 Å². The highest BCUT2D eigenvalue weighted by molar-refractivity contribution is 5.75. The summed E-state index contributed by atoms with van der Waals surface area (Å²) in [4.78, 5) is 20.5. The van der Waals surface area contributed by atoms with Gasteiger partial charge < -0.3 is 9.59 Å². The predicted octanol–water partition coefficient (Wildman–Crippen LogP) is 1.89. The molecule has 0 heterocycles. The van der Waals surface area contributed by atoms with Crippen molar-refractivity contribution < 1.29 is 9.59 Å². The van der Waals surface area contributed by atoms with Crippen LogP contribution in [0, 0.1) is 0 Å². The van der Waals surface area contributed by atoms with Crippen molar-refractivity contribution >= 4 is 12.1 Å². The van der Waals surface area contributed by atoms with Gasteiger partial charge in [0.25, 0.3) is 0 Å². The largest absolute Gasteiger partial charge is 0.303 e. The summed E-state index contributed by atoms with van der Waals surface area (Å²) in [5.41, 5.74) is 1.04. The van der Waals surface area contributed by atoms with E-state index in [4.69, 9.17) is 0 Å². The monoisotopic (exact) mass is 154 g/mol. The highest BCUT2D eigenvalue weighted by Gasteiger charge is 1.91. The summed E-state index contributed by atoms with van der Waals surface area (Å²) in [7, 11) is 0. The molecule has 62 valence electrons. The molecule has 0 aliphatic heterocycles. The number of hydrogen-bond acceptors (Lipinski definition) is 2. The minimum absolute atomic E-state index is 0.195. The molecule has 0 fully saturated rings. The summed E-state index contributed by atoms with van der Waals surface area (Å²) in [5, 5.41) is 0. The first-order valence-corrected chi connectivity index (χ1v) is 3.75. The van der Waals surface area contributed by atoms with Gasteiger partial charge >= 0.3 is 0 Å². The first-order valence-electron chi connectivity index (χ1n) is 3.75. The first kappa shape index (κ1) is 10.1. The molecule has 0 atom stereocenters. The SMILES string of the molecule is CC(=O)CCC=C(C)CC=O. The molecule has 0 amide bonds. The van der Waals surface area contributed by atoms with Crippen molar-refractivity contribution in [3.63, 3.8) is 0 Å². The van der Waals surface area contributed by atoms with E-state index in [1.165, 1.54) is 0 Å². The van der Waals surface area contributed by atoms with E-state index in [2.05, 4.69) is 0 Å². The van der Waals surface area contributed by atoms with Gasteiger partial charge in [-0.05, 0) is 20.3 Å². The second kappa shape index (κ2) is 5.83.